The van der Waals surface area contributed by atoms with E-state index in [4.69, 9.17) is 5.11 Å². The Morgan fingerprint density at radius 1 is 1.54 bits per heavy atom. The summed E-state index contributed by atoms with van der Waals surface area (Å²) in [4.78, 5) is 22.3. The standard InChI is InChI=1S/C10H12O3/c11-8-5-1-2-10(8,4-5)7-3-6(7)9(12)13/h5-7H,1-4H2,(H,12,13)/t5-,6-,7-,10+/m1/s1. The molecule has 4 rings (SSSR count). The minimum atomic E-state index is -0.706. The molecule has 0 aliphatic heterocycles. The predicted octanol–water partition coefficient (Wildman–Crippen LogP) is 1.08. The van der Waals surface area contributed by atoms with Crippen molar-refractivity contribution >= 4 is 11.8 Å². The molecule has 0 spiro atoms. The summed E-state index contributed by atoms with van der Waals surface area (Å²) in [5.41, 5.74) is -0.159. The molecule has 0 amide bonds. The van der Waals surface area contributed by atoms with Gasteiger partial charge in [0, 0.05) is 11.3 Å². The summed E-state index contributed by atoms with van der Waals surface area (Å²) in [6.07, 6.45) is 3.71. The molecule has 4 saturated carbocycles. The van der Waals surface area contributed by atoms with Gasteiger partial charge in [-0.3, -0.25) is 9.59 Å². The topological polar surface area (TPSA) is 54.4 Å². The first-order chi connectivity index (χ1) is 6.15. The number of ketones is 1. The smallest absolute Gasteiger partial charge is 0.306 e. The second-order valence-corrected chi connectivity index (χ2v) is 4.75. The van der Waals surface area contributed by atoms with Crippen LogP contribution in [-0.2, 0) is 9.59 Å². The van der Waals surface area contributed by atoms with Crippen molar-refractivity contribution < 1.29 is 14.7 Å². The third kappa shape index (κ3) is 0.713. The highest BCUT2D eigenvalue weighted by Gasteiger charge is 2.69. The number of carbonyl (C=O) groups is 2. The first kappa shape index (κ1) is 7.54. The number of hydrogen-bond acceptors (Lipinski definition) is 2. The average Bonchev–Trinajstić information content (AvgIpc) is 2.69. The Morgan fingerprint density at radius 3 is 2.69 bits per heavy atom. The Bertz CT molecular complexity index is 305. The van der Waals surface area contributed by atoms with E-state index in [9.17, 15) is 9.59 Å². The predicted molar refractivity (Wildman–Crippen MR) is 44.0 cm³/mol. The Balaban J connectivity index is 1.81. The van der Waals surface area contributed by atoms with Crippen LogP contribution in [0.15, 0.2) is 0 Å². The molecule has 4 aliphatic carbocycles. The number of aliphatic carboxylic acids is 1. The van der Waals surface area contributed by atoms with Crippen LogP contribution in [0.2, 0.25) is 0 Å². The molecular formula is C10H12O3. The first-order valence-electron chi connectivity index (χ1n) is 4.92. The van der Waals surface area contributed by atoms with Crippen molar-refractivity contribution in [2.24, 2.45) is 23.2 Å². The van der Waals surface area contributed by atoms with E-state index >= 15 is 0 Å². The van der Waals surface area contributed by atoms with Gasteiger partial charge in [0.1, 0.15) is 5.78 Å². The fraction of sp³-hybridized carbons (Fsp3) is 0.800. The summed E-state index contributed by atoms with van der Waals surface area (Å²) in [5, 5.41) is 8.79. The van der Waals surface area contributed by atoms with E-state index in [0.29, 0.717) is 11.7 Å². The van der Waals surface area contributed by atoms with Crippen LogP contribution in [0.4, 0.5) is 0 Å². The van der Waals surface area contributed by atoms with Crippen LogP contribution in [0.1, 0.15) is 25.7 Å². The van der Waals surface area contributed by atoms with Gasteiger partial charge in [0.15, 0.2) is 0 Å². The van der Waals surface area contributed by atoms with E-state index in [-0.39, 0.29) is 17.3 Å². The van der Waals surface area contributed by atoms with Gasteiger partial charge in [0.05, 0.1) is 5.92 Å². The van der Waals surface area contributed by atoms with Crippen molar-refractivity contribution in [3.63, 3.8) is 0 Å². The van der Waals surface area contributed by atoms with Gasteiger partial charge in [0.25, 0.3) is 0 Å². The van der Waals surface area contributed by atoms with Gasteiger partial charge in [-0.1, -0.05) is 0 Å². The average molecular weight is 180 g/mol. The molecule has 0 saturated heterocycles. The lowest BCUT2D eigenvalue weighted by molar-refractivity contribution is -0.143. The van der Waals surface area contributed by atoms with Crippen molar-refractivity contribution in [2.45, 2.75) is 25.7 Å². The Hall–Kier alpha value is -0.860. The molecule has 4 atom stereocenters. The van der Waals surface area contributed by atoms with E-state index in [1.165, 1.54) is 0 Å². The highest BCUT2D eigenvalue weighted by Crippen LogP contribution is 2.67. The molecule has 0 aromatic carbocycles. The third-order valence-corrected chi connectivity index (χ3v) is 4.23. The van der Waals surface area contributed by atoms with E-state index < -0.39 is 5.97 Å². The third-order valence-electron chi connectivity index (χ3n) is 4.23. The molecule has 0 aromatic rings. The number of Topliss-reactive ketones (excluding diaryl/α,β-unsaturated/α-hetero) is 1. The number of carboxylic acids is 1. The van der Waals surface area contributed by atoms with Gasteiger partial charge < -0.3 is 5.11 Å². The van der Waals surface area contributed by atoms with Crippen LogP contribution in [0.3, 0.4) is 0 Å². The number of carboxylic acid groups (broad SMARTS) is 1. The second kappa shape index (κ2) is 1.97. The maximum absolute atomic E-state index is 11.6. The lowest BCUT2D eigenvalue weighted by Gasteiger charge is -2.37. The van der Waals surface area contributed by atoms with Gasteiger partial charge in [-0.25, -0.2) is 0 Å². The molecule has 0 radical (unpaired) electrons. The maximum Gasteiger partial charge on any atom is 0.306 e. The summed E-state index contributed by atoms with van der Waals surface area (Å²) in [6.45, 7) is 0. The molecule has 1 N–H and O–H groups in total. The molecule has 0 unspecified atom stereocenters. The van der Waals surface area contributed by atoms with Crippen LogP contribution < -0.4 is 0 Å². The summed E-state index contributed by atoms with van der Waals surface area (Å²) in [6, 6.07) is 0. The van der Waals surface area contributed by atoms with Gasteiger partial charge in [-0.15, -0.1) is 0 Å². The zero-order chi connectivity index (χ0) is 9.22. The zero-order valence-electron chi connectivity index (χ0n) is 7.32. The highest BCUT2D eigenvalue weighted by atomic mass is 16.4. The quantitative estimate of drug-likeness (QED) is 0.691. The van der Waals surface area contributed by atoms with Crippen LogP contribution in [0.25, 0.3) is 0 Å². The van der Waals surface area contributed by atoms with Crippen molar-refractivity contribution in [1.82, 2.24) is 0 Å². The SMILES string of the molecule is O=C(O)[C@@H]1C[C@H]1[C@]12CC[C@H](C1)C2=O. The lowest BCUT2D eigenvalue weighted by Crippen LogP contribution is -2.43. The Kier molecular flexibility index (Phi) is 1.14. The molecule has 70 valence electrons. The number of fused-ring (bicyclic) bond motifs is 1. The summed E-state index contributed by atoms with van der Waals surface area (Å²) < 4.78 is 0. The minimum Gasteiger partial charge on any atom is -0.481 e. The van der Waals surface area contributed by atoms with Gasteiger partial charge in [-0.05, 0) is 31.6 Å². The molecule has 3 nitrogen and oxygen atoms in total. The monoisotopic (exact) mass is 180 g/mol. The molecular weight excluding hydrogens is 168 g/mol. The number of hydrogen-bond donors (Lipinski definition) is 1. The van der Waals surface area contributed by atoms with Crippen LogP contribution in [0.5, 0.6) is 0 Å². The minimum absolute atomic E-state index is 0.159. The van der Waals surface area contributed by atoms with Crippen LogP contribution in [0, 0.1) is 23.2 Å². The fourth-order valence-corrected chi connectivity index (χ4v) is 3.40. The normalized spacial score (nSPS) is 51.7. The van der Waals surface area contributed by atoms with Crippen molar-refractivity contribution in [1.29, 1.82) is 0 Å². The molecule has 13 heavy (non-hydrogen) atoms. The van der Waals surface area contributed by atoms with E-state index in [1.54, 1.807) is 0 Å². The lowest BCUT2D eigenvalue weighted by atomic mass is 9.64. The summed E-state index contributed by atoms with van der Waals surface area (Å²) >= 11 is 0. The van der Waals surface area contributed by atoms with E-state index in [2.05, 4.69) is 0 Å². The van der Waals surface area contributed by atoms with Gasteiger partial charge in [0.2, 0.25) is 0 Å². The van der Waals surface area contributed by atoms with Gasteiger partial charge in [-0.2, -0.15) is 0 Å². The molecule has 3 heteroatoms. The largest absolute Gasteiger partial charge is 0.481 e. The van der Waals surface area contributed by atoms with Gasteiger partial charge >= 0.3 is 5.97 Å². The van der Waals surface area contributed by atoms with Crippen molar-refractivity contribution in [3.05, 3.63) is 0 Å². The van der Waals surface area contributed by atoms with Crippen molar-refractivity contribution in [2.75, 3.05) is 0 Å². The van der Waals surface area contributed by atoms with Crippen molar-refractivity contribution in [3.8, 4) is 0 Å². The summed E-state index contributed by atoms with van der Waals surface area (Å²) in [7, 11) is 0. The van der Waals surface area contributed by atoms with E-state index in [0.717, 1.165) is 25.7 Å². The van der Waals surface area contributed by atoms with Crippen LogP contribution >= 0.6 is 0 Å². The molecule has 4 fully saturated rings. The number of rotatable bonds is 2. The number of carbonyl (C=O) groups excluding carboxylic acids is 1. The highest BCUT2D eigenvalue weighted by molar-refractivity contribution is 5.96. The Morgan fingerprint density at radius 2 is 2.31 bits per heavy atom. The van der Waals surface area contributed by atoms with Crippen LogP contribution in [-0.4, -0.2) is 16.9 Å². The summed E-state index contributed by atoms with van der Waals surface area (Å²) in [5.74, 6) is -0.0435. The second-order valence-electron chi connectivity index (χ2n) is 4.75. The molecule has 0 heterocycles. The molecule has 4 aliphatic rings. The first-order valence-corrected chi connectivity index (χ1v) is 4.92. The van der Waals surface area contributed by atoms with E-state index in [1.807, 2.05) is 0 Å². The molecule has 2 bridgehead atoms. The maximum atomic E-state index is 11.6. The zero-order valence-corrected chi connectivity index (χ0v) is 7.32. The fourth-order valence-electron chi connectivity index (χ4n) is 3.40. The molecule has 0 aromatic heterocycles. The Labute approximate surface area is 76.1 Å².